The molecule has 32 heavy (non-hydrogen) atoms. The lowest BCUT2D eigenvalue weighted by atomic mass is 10.1. The van der Waals surface area contributed by atoms with E-state index in [0.29, 0.717) is 12.2 Å². The van der Waals surface area contributed by atoms with Gasteiger partial charge in [-0.25, -0.2) is 18.1 Å². The van der Waals surface area contributed by atoms with Crippen LogP contribution in [0.15, 0.2) is 89.8 Å². The van der Waals surface area contributed by atoms with Crippen LogP contribution in [-0.2, 0) is 21.2 Å². The Morgan fingerprint density at radius 2 is 1.56 bits per heavy atom. The van der Waals surface area contributed by atoms with Crippen LogP contribution < -0.4 is 10.0 Å². The van der Waals surface area contributed by atoms with Gasteiger partial charge in [-0.15, -0.1) is 0 Å². The lowest BCUT2D eigenvalue weighted by molar-refractivity contribution is -0.121. The average Bonchev–Trinajstić information content (AvgIpc) is 3.24. The fourth-order valence-corrected chi connectivity index (χ4v) is 4.50. The second-order valence-corrected chi connectivity index (χ2v) is 9.18. The second kappa shape index (κ2) is 9.76. The van der Waals surface area contributed by atoms with Crippen molar-refractivity contribution in [2.75, 3.05) is 6.54 Å². The molecule has 0 saturated heterocycles. The Labute approximate surface area is 187 Å². The summed E-state index contributed by atoms with van der Waals surface area (Å²) in [6.07, 6.45) is 0.569. The quantitative estimate of drug-likeness (QED) is 0.365. The molecule has 0 saturated carbocycles. The van der Waals surface area contributed by atoms with E-state index in [2.05, 4.69) is 20.0 Å². The standard InChI is InChI=1S/C24H24N4O3S/c29-23(15-16-25-32(30,31)19-11-5-2-6-12-19)26-22(17-18-9-3-1-4-10-18)24-27-20-13-7-8-14-21(20)28-24/h1-14,22,25H,15-17H2,(H,26,29)(H,27,28)/t22-/m0/s1. The lowest BCUT2D eigenvalue weighted by Crippen LogP contribution is -2.34. The van der Waals surface area contributed by atoms with Gasteiger partial charge in [-0.05, 0) is 36.2 Å². The van der Waals surface area contributed by atoms with Crippen molar-refractivity contribution in [2.24, 2.45) is 0 Å². The molecular weight excluding hydrogens is 424 g/mol. The number of carbonyl (C=O) groups excluding carboxylic acids is 1. The zero-order valence-electron chi connectivity index (χ0n) is 17.4. The number of benzene rings is 3. The zero-order chi connectivity index (χ0) is 22.4. The summed E-state index contributed by atoms with van der Waals surface area (Å²) in [5, 5.41) is 3.00. The minimum Gasteiger partial charge on any atom is -0.346 e. The van der Waals surface area contributed by atoms with Crippen molar-refractivity contribution in [3.63, 3.8) is 0 Å². The number of nitrogens with one attached hydrogen (secondary N) is 3. The highest BCUT2D eigenvalue weighted by Crippen LogP contribution is 2.20. The first-order chi connectivity index (χ1) is 15.5. The van der Waals surface area contributed by atoms with E-state index >= 15 is 0 Å². The maximum atomic E-state index is 12.7. The molecule has 1 aromatic heterocycles. The third-order valence-electron chi connectivity index (χ3n) is 5.05. The third-order valence-corrected chi connectivity index (χ3v) is 6.53. The monoisotopic (exact) mass is 448 g/mol. The molecule has 0 radical (unpaired) electrons. The number of sulfonamides is 1. The minimum absolute atomic E-state index is 0.00124. The summed E-state index contributed by atoms with van der Waals surface area (Å²) >= 11 is 0. The summed E-state index contributed by atoms with van der Waals surface area (Å²) in [4.78, 5) is 20.8. The van der Waals surface area contributed by atoms with Crippen LogP contribution >= 0.6 is 0 Å². The maximum Gasteiger partial charge on any atom is 0.240 e. The molecule has 8 heteroatoms. The van der Waals surface area contributed by atoms with Crippen LogP contribution in [0.4, 0.5) is 0 Å². The largest absolute Gasteiger partial charge is 0.346 e. The molecule has 7 nitrogen and oxygen atoms in total. The van der Waals surface area contributed by atoms with Crippen molar-refractivity contribution in [1.82, 2.24) is 20.0 Å². The number of amides is 1. The van der Waals surface area contributed by atoms with Gasteiger partial charge in [-0.3, -0.25) is 4.79 Å². The number of rotatable bonds is 9. The molecule has 1 heterocycles. The van der Waals surface area contributed by atoms with Crippen LogP contribution in [0.2, 0.25) is 0 Å². The predicted octanol–water partition coefficient (Wildman–Crippen LogP) is 3.33. The minimum atomic E-state index is -3.65. The molecule has 0 fully saturated rings. The van der Waals surface area contributed by atoms with Gasteiger partial charge in [-0.2, -0.15) is 0 Å². The first-order valence-corrected chi connectivity index (χ1v) is 11.8. The van der Waals surface area contributed by atoms with E-state index in [9.17, 15) is 13.2 Å². The molecule has 3 aromatic carbocycles. The number of para-hydroxylation sites is 2. The highest BCUT2D eigenvalue weighted by Gasteiger charge is 2.20. The van der Waals surface area contributed by atoms with Crippen LogP contribution in [0.25, 0.3) is 11.0 Å². The van der Waals surface area contributed by atoms with Crippen molar-refractivity contribution in [3.8, 4) is 0 Å². The number of carbonyl (C=O) groups is 1. The Balaban J connectivity index is 1.44. The summed E-state index contributed by atoms with van der Waals surface area (Å²) in [6.45, 7) is 0.00124. The van der Waals surface area contributed by atoms with E-state index in [0.717, 1.165) is 16.6 Å². The Morgan fingerprint density at radius 3 is 2.28 bits per heavy atom. The normalized spacial score (nSPS) is 12.5. The summed E-state index contributed by atoms with van der Waals surface area (Å²) < 4.78 is 27.2. The van der Waals surface area contributed by atoms with Gasteiger partial charge in [-0.1, -0.05) is 60.7 Å². The summed E-state index contributed by atoms with van der Waals surface area (Å²) in [6, 6.07) is 25.2. The van der Waals surface area contributed by atoms with Crippen LogP contribution in [0.3, 0.4) is 0 Å². The molecule has 0 unspecified atom stereocenters. The lowest BCUT2D eigenvalue weighted by Gasteiger charge is -2.17. The second-order valence-electron chi connectivity index (χ2n) is 7.41. The number of nitrogens with zero attached hydrogens (tertiary/aromatic N) is 1. The molecule has 0 bridgehead atoms. The number of H-pyrrole nitrogens is 1. The number of aromatic amines is 1. The van der Waals surface area contributed by atoms with Crippen LogP contribution in [0.5, 0.6) is 0 Å². The molecule has 0 aliphatic carbocycles. The van der Waals surface area contributed by atoms with Crippen molar-refractivity contribution >= 4 is 27.0 Å². The highest BCUT2D eigenvalue weighted by molar-refractivity contribution is 7.89. The van der Waals surface area contributed by atoms with Crippen molar-refractivity contribution in [3.05, 3.63) is 96.3 Å². The fourth-order valence-electron chi connectivity index (χ4n) is 3.45. The van der Waals surface area contributed by atoms with E-state index in [1.54, 1.807) is 18.2 Å². The van der Waals surface area contributed by atoms with Gasteiger partial charge in [0.2, 0.25) is 15.9 Å². The first kappa shape index (κ1) is 21.7. The van der Waals surface area contributed by atoms with Crippen molar-refractivity contribution in [1.29, 1.82) is 0 Å². The number of fused-ring (bicyclic) bond motifs is 1. The Kier molecular flexibility index (Phi) is 6.63. The molecule has 3 N–H and O–H groups in total. The molecule has 0 aliphatic rings. The van der Waals surface area contributed by atoms with Gasteiger partial charge in [0.1, 0.15) is 5.82 Å². The highest BCUT2D eigenvalue weighted by atomic mass is 32.2. The molecule has 4 rings (SSSR count). The van der Waals surface area contributed by atoms with Crippen molar-refractivity contribution < 1.29 is 13.2 Å². The Hall–Kier alpha value is -3.49. The number of imidazole rings is 1. The molecule has 1 atom stereocenters. The maximum absolute atomic E-state index is 12.7. The summed E-state index contributed by atoms with van der Waals surface area (Å²) in [5.41, 5.74) is 2.78. The van der Waals surface area contributed by atoms with Gasteiger partial charge in [0.25, 0.3) is 0 Å². The average molecular weight is 449 g/mol. The van der Waals surface area contributed by atoms with E-state index in [-0.39, 0.29) is 29.8 Å². The smallest absolute Gasteiger partial charge is 0.240 e. The summed E-state index contributed by atoms with van der Waals surface area (Å²) in [7, 11) is -3.65. The number of hydrogen-bond acceptors (Lipinski definition) is 4. The molecule has 0 aliphatic heterocycles. The SMILES string of the molecule is O=C(CCNS(=O)(=O)c1ccccc1)N[C@@H](Cc1ccccc1)c1nc2ccccc2[nH]1. The van der Waals surface area contributed by atoms with Gasteiger partial charge in [0, 0.05) is 13.0 Å². The zero-order valence-corrected chi connectivity index (χ0v) is 18.2. The molecule has 4 aromatic rings. The van der Waals surface area contributed by atoms with E-state index in [1.165, 1.54) is 12.1 Å². The van der Waals surface area contributed by atoms with Gasteiger partial charge < -0.3 is 10.3 Å². The Bertz CT molecular complexity index is 1260. The van der Waals surface area contributed by atoms with E-state index in [4.69, 9.17) is 0 Å². The van der Waals surface area contributed by atoms with Crippen LogP contribution in [0.1, 0.15) is 23.9 Å². The fraction of sp³-hybridized carbons (Fsp3) is 0.167. The molecule has 0 spiro atoms. The Morgan fingerprint density at radius 1 is 0.906 bits per heavy atom. The molecule has 164 valence electrons. The molecular formula is C24H24N4O3S. The van der Waals surface area contributed by atoms with Gasteiger partial charge in [0.05, 0.1) is 22.0 Å². The van der Waals surface area contributed by atoms with Gasteiger partial charge >= 0.3 is 0 Å². The third kappa shape index (κ3) is 5.40. The first-order valence-electron chi connectivity index (χ1n) is 10.3. The van der Waals surface area contributed by atoms with E-state index < -0.39 is 10.0 Å². The van der Waals surface area contributed by atoms with Crippen LogP contribution in [0, 0.1) is 0 Å². The topological polar surface area (TPSA) is 104 Å². The number of hydrogen-bond donors (Lipinski definition) is 3. The van der Waals surface area contributed by atoms with E-state index in [1.807, 2.05) is 54.6 Å². The van der Waals surface area contributed by atoms with Crippen molar-refractivity contribution in [2.45, 2.75) is 23.8 Å². The van der Waals surface area contributed by atoms with Gasteiger partial charge in [0.15, 0.2) is 0 Å². The number of aromatic nitrogens is 2. The molecule has 1 amide bonds. The van der Waals surface area contributed by atoms with Crippen LogP contribution in [-0.4, -0.2) is 30.8 Å². The predicted molar refractivity (Wildman–Crippen MR) is 123 cm³/mol. The summed E-state index contributed by atoms with van der Waals surface area (Å²) in [5.74, 6) is 0.399.